The first-order chi connectivity index (χ1) is 19.3. The van der Waals surface area contributed by atoms with Crippen molar-refractivity contribution in [2.45, 2.75) is 97.1 Å². The third-order valence-electron chi connectivity index (χ3n) is 8.41. The minimum atomic E-state index is -3.73. The van der Waals surface area contributed by atoms with Crippen LogP contribution in [0.1, 0.15) is 61.8 Å². The molecule has 3 fully saturated rings. The van der Waals surface area contributed by atoms with Crippen molar-refractivity contribution in [3.63, 3.8) is 0 Å². The van der Waals surface area contributed by atoms with Crippen LogP contribution in [0.5, 0.6) is 0 Å². The number of fused-ring (bicyclic) bond motifs is 3. The second-order valence-corrected chi connectivity index (χ2v) is 18.9. The maximum atomic E-state index is 13.1. The van der Waals surface area contributed by atoms with E-state index in [0.717, 1.165) is 6.42 Å². The maximum absolute atomic E-state index is 13.1. The topological polar surface area (TPSA) is 72.5 Å². The molecular weight excluding hydrogens is 555 g/mol. The lowest BCUT2D eigenvalue weighted by Crippen LogP contribution is -2.68. The second-order valence-electron chi connectivity index (χ2n) is 13.1. The van der Waals surface area contributed by atoms with E-state index in [1.807, 2.05) is 19.9 Å². The van der Waals surface area contributed by atoms with Gasteiger partial charge in [0.15, 0.2) is 5.79 Å². The number of hydrogen-bond donors (Lipinski definition) is 0. The number of ether oxygens (including phenoxy) is 2. The molecule has 6 atom stereocenters. The van der Waals surface area contributed by atoms with Gasteiger partial charge in [0.05, 0.1) is 31.2 Å². The molecule has 0 spiro atoms. The summed E-state index contributed by atoms with van der Waals surface area (Å²) in [4.78, 5) is 0. The number of benzene rings is 2. The van der Waals surface area contributed by atoms with Crippen molar-refractivity contribution in [3.05, 3.63) is 73.0 Å². The molecule has 0 aromatic heterocycles. The summed E-state index contributed by atoms with van der Waals surface area (Å²) >= 11 is 0. The Morgan fingerprint density at radius 3 is 2.12 bits per heavy atom. The van der Waals surface area contributed by atoms with Crippen LogP contribution in [0, 0.1) is 11.3 Å². The smallest absolute Gasteiger partial charge is 0.412 e. The van der Waals surface area contributed by atoms with Gasteiger partial charge in [-0.15, -0.1) is 0 Å². The molecule has 1 unspecified atom stereocenters. The summed E-state index contributed by atoms with van der Waals surface area (Å²) in [5.74, 6) is -0.591. The number of phosphoric acid groups is 1. The van der Waals surface area contributed by atoms with E-state index < -0.39 is 21.9 Å². The molecule has 7 nitrogen and oxygen atoms in total. The predicted molar refractivity (Wildman–Crippen MR) is 163 cm³/mol. The zero-order valence-electron chi connectivity index (χ0n) is 25.5. The summed E-state index contributed by atoms with van der Waals surface area (Å²) in [6.45, 7) is 16.4. The molecule has 2 aromatic carbocycles. The molecule has 1 heterocycles. The summed E-state index contributed by atoms with van der Waals surface area (Å²) in [6, 6.07) is 21.3. The van der Waals surface area contributed by atoms with E-state index in [9.17, 15) is 4.57 Å². The molecule has 0 radical (unpaired) electrons. The molecule has 3 aliphatic rings. The van der Waals surface area contributed by atoms with Gasteiger partial charge in [-0.05, 0) is 68.4 Å². The van der Waals surface area contributed by atoms with E-state index in [-0.39, 0.29) is 47.4 Å². The van der Waals surface area contributed by atoms with Gasteiger partial charge in [-0.2, -0.15) is 0 Å². The summed E-state index contributed by atoms with van der Waals surface area (Å²) in [7, 11) is -6.57. The third kappa shape index (κ3) is 5.65. The van der Waals surface area contributed by atoms with Crippen molar-refractivity contribution in [3.8, 4) is 0 Å². The molecule has 2 aromatic rings. The number of phosphoric ester groups is 1. The molecule has 0 bridgehead atoms. The van der Waals surface area contributed by atoms with Gasteiger partial charge in [-0.1, -0.05) is 81.4 Å². The first-order valence-electron chi connectivity index (χ1n) is 14.7. The number of rotatable bonds is 11. The molecular formula is C32H45O7PSi. The molecule has 2 aliphatic carbocycles. The van der Waals surface area contributed by atoms with E-state index >= 15 is 0 Å². The Morgan fingerprint density at radius 2 is 1.61 bits per heavy atom. The molecule has 0 N–H and O–H groups in total. The second kappa shape index (κ2) is 11.1. The average molecular weight is 601 g/mol. The van der Waals surface area contributed by atoms with Gasteiger partial charge in [-0.3, -0.25) is 9.05 Å². The van der Waals surface area contributed by atoms with Crippen molar-refractivity contribution in [1.29, 1.82) is 0 Å². The van der Waals surface area contributed by atoms with Gasteiger partial charge in [0.2, 0.25) is 0 Å². The van der Waals surface area contributed by atoms with Gasteiger partial charge < -0.3 is 18.4 Å². The van der Waals surface area contributed by atoms with Crippen molar-refractivity contribution >= 4 is 26.5 Å². The fourth-order valence-corrected chi connectivity index (χ4v) is 12.7. The van der Waals surface area contributed by atoms with E-state index in [0.29, 0.717) is 0 Å². The Labute approximate surface area is 246 Å². The molecule has 2 saturated carbocycles. The highest BCUT2D eigenvalue weighted by Gasteiger charge is 2.76. The molecule has 5 rings (SSSR count). The molecule has 1 aliphatic heterocycles. The van der Waals surface area contributed by atoms with E-state index in [2.05, 4.69) is 81.4 Å². The Balaban J connectivity index is 1.52. The van der Waals surface area contributed by atoms with Gasteiger partial charge >= 0.3 is 7.82 Å². The SMILES string of the molecule is CCOP(=O)(O/C=C/[C@]12C[C@@H]1[C@H](O[Si](c1ccccc1)(c1ccccc1)C(C)(C)C)[C@@H]1OC(C)(C)O[C@@H]12)OC(C)C. The highest BCUT2D eigenvalue weighted by atomic mass is 31.2. The van der Waals surface area contributed by atoms with Gasteiger partial charge in [0, 0.05) is 5.41 Å². The fourth-order valence-electron chi connectivity index (χ4n) is 6.81. The van der Waals surface area contributed by atoms with Gasteiger partial charge in [-0.25, -0.2) is 4.57 Å². The predicted octanol–water partition coefficient (Wildman–Crippen LogP) is 6.57. The average Bonchev–Trinajstić information content (AvgIpc) is 3.44. The first kappa shape index (κ1) is 30.7. The quantitative estimate of drug-likeness (QED) is 0.164. The van der Waals surface area contributed by atoms with Crippen LogP contribution in [-0.4, -0.2) is 45.1 Å². The number of hydrogen-bond acceptors (Lipinski definition) is 7. The van der Waals surface area contributed by atoms with Crippen molar-refractivity contribution in [2.24, 2.45) is 11.3 Å². The molecule has 9 heteroatoms. The Kier molecular flexibility index (Phi) is 8.27. The van der Waals surface area contributed by atoms with Crippen LogP contribution in [0.25, 0.3) is 0 Å². The van der Waals surface area contributed by atoms with Crippen LogP contribution in [0.2, 0.25) is 5.04 Å². The van der Waals surface area contributed by atoms with Crippen LogP contribution in [0.3, 0.4) is 0 Å². The summed E-state index contributed by atoms with van der Waals surface area (Å²) in [5, 5.41) is 2.29. The zero-order valence-corrected chi connectivity index (χ0v) is 27.4. The lowest BCUT2D eigenvalue weighted by molar-refractivity contribution is -0.164. The highest BCUT2D eigenvalue weighted by molar-refractivity contribution is 7.48. The van der Waals surface area contributed by atoms with Crippen molar-refractivity contribution in [2.75, 3.05) is 6.61 Å². The molecule has 41 heavy (non-hydrogen) atoms. The Morgan fingerprint density at radius 1 is 1.02 bits per heavy atom. The van der Waals surface area contributed by atoms with Crippen molar-refractivity contribution < 1.29 is 32.0 Å². The fraction of sp³-hybridized carbons (Fsp3) is 0.562. The lowest BCUT2D eigenvalue weighted by atomic mass is 9.99. The van der Waals surface area contributed by atoms with E-state index in [1.54, 1.807) is 20.8 Å². The molecule has 0 amide bonds. The van der Waals surface area contributed by atoms with Crippen molar-refractivity contribution in [1.82, 2.24) is 0 Å². The molecule has 1 saturated heterocycles. The third-order valence-corrected chi connectivity index (χ3v) is 15.1. The Bertz CT molecular complexity index is 1240. The highest BCUT2D eigenvalue weighted by Crippen LogP contribution is 2.70. The minimum Gasteiger partial charge on any atom is -0.412 e. The standard InChI is InChI=1S/C32H45O7PSi/c1-9-34-40(33,38-23(2)3)35-21-20-32-22-26(32)27(28-29(32)37-31(7,8)36-28)39-41(30(4,5)6,24-16-12-10-13-17-24)25-18-14-11-15-19-25/h10-21,23,26-29H,9,22H2,1-8H3/b21-20+/t26-,27+,28+,29+,32+,40?/m1/s1. The lowest BCUT2D eigenvalue weighted by Gasteiger charge is -2.45. The van der Waals surface area contributed by atoms with Gasteiger partial charge in [0.25, 0.3) is 8.32 Å². The summed E-state index contributed by atoms with van der Waals surface area (Å²) in [5.41, 5.74) is -0.358. The normalized spacial score (nSPS) is 30.3. The maximum Gasteiger partial charge on any atom is 0.529 e. The monoisotopic (exact) mass is 600 g/mol. The first-order valence-corrected chi connectivity index (χ1v) is 18.1. The van der Waals surface area contributed by atoms with Gasteiger partial charge in [0.1, 0.15) is 6.10 Å². The largest absolute Gasteiger partial charge is 0.529 e. The van der Waals surface area contributed by atoms with Crippen LogP contribution in [0.15, 0.2) is 73.0 Å². The van der Waals surface area contributed by atoms with Crippen LogP contribution >= 0.6 is 7.82 Å². The minimum absolute atomic E-state index is 0.160. The van der Waals surface area contributed by atoms with E-state index in [1.165, 1.54) is 16.6 Å². The van der Waals surface area contributed by atoms with Crippen LogP contribution in [0.4, 0.5) is 0 Å². The zero-order chi connectivity index (χ0) is 29.7. The summed E-state index contributed by atoms with van der Waals surface area (Å²) < 4.78 is 50.4. The van der Waals surface area contributed by atoms with Crippen LogP contribution < -0.4 is 10.4 Å². The summed E-state index contributed by atoms with van der Waals surface area (Å²) in [6.07, 6.45) is 3.35. The Hall–Kier alpha value is -1.77. The van der Waals surface area contributed by atoms with E-state index in [4.69, 9.17) is 27.5 Å². The van der Waals surface area contributed by atoms with Crippen LogP contribution in [-0.2, 0) is 32.0 Å². The molecule has 224 valence electrons.